The van der Waals surface area contributed by atoms with Gasteiger partial charge in [-0.15, -0.1) is 0 Å². The second kappa shape index (κ2) is 9.33. The van der Waals surface area contributed by atoms with Crippen LogP contribution in [0.5, 0.6) is 5.75 Å². The Balaban J connectivity index is 1.64. The molecule has 0 bridgehead atoms. The standard InChI is InChI=1S/C25H34FNO4Si/c1-24(2,3)32(4,5)31-17-25(23(28)29)15-14-22(27-25)18-10-12-20(13-11-18)30-16-19-8-6-7-9-21(19)26/h6-13,22,27H,14-17H2,1-5H3,(H,28,29)/t22-,25-/m1/s1. The number of carbonyl (C=O) groups is 1. The van der Waals surface area contributed by atoms with Gasteiger partial charge in [0.05, 0.1) is 6.61 Å². The summed E-state index contributed by atoms with van der Waals surface area (Å²) >= 11 is 0. The molecule has 174 valence electrons. The number of rotatable bonds is 8. The fourth-order valence-electron chi connectivity index (χ4n) is 3.56. The van der Waals surface area contributed by atoms with Gasteiger partial charge in [-0.05, 0) is 54.7 Å². The maximum absolute atomic E-state index is 13.8. The predicted molar refractivity (Wildman–Crippen MR) is 126 cm³/mol. The molecule has 32 heavy (non-hydrogen) atoms. The molecule has 3 rings (SSSR count). The van der Waals surface area contributed by atoms with Gasteiger partial charge >= 0.3 is 5.97 Å². The molecular formula is C25H34FNO4Si. The molecule has 1 heterocycles. The molecular weight excluding hydrogens is 425 g/mol. The summed E-state index contributed by atoms with van der Waals surface area (Å²) in [6.07, 6.45) is 1.22. The average molecular weight is 460 g/mol. The van der Waals surface area contributed by atoms with Gasteiger partial charge in [0.15, 0.2) is 8.32 Å². The molecule has 0 unspecified atom stereocenters. The van der Waals surface area contributed by atoms with E-state index in [0.29, 0.717) is 24.2 Å². The van der Waals surface area contributed by atoms with E-state index >= 15 is 0 Å². The lowest BCUT2D eigenvalue weighted by atomic mass is 9.99. The molecule has 1 saturated heterocycles. The predicted octanol–water partition coefficient (Wildman–Crippen LogP) is 5.67. The molecule has 0 radical (unpaired) electrons. The third-order valence-corrected chi connectivity index (χ3v) is 11.3. The highest BCUT2D eigenvalue weighted by Gasteiger charge is 2.48. The zero-order chi connectivity index (χ0) is 23.6. The van der Waals surface area contributed by atoms with Crippen LogP contribution in [-0.2, 0) is 15.8 Å². The molecule has 2 aromatic rings. The van der Waals surface area contributed by atoms with Gasteiger partial charge in [-0.1, -0.05) is 51.1 Å². The third kappa shape index (κ3) is 5.39. The van der Waals surface area contributed by atoms with Crippen LogP contribution in [0.3, 0.4) is 0 Å². The van der Waals surface area contributed by atoms with E-state index in [1.165, 1.54) is 6.07 Å². The van der Waals surface area contributed by atoms with Gasteiger partial charge in [0.2, 0.25) is 0 Å². The van der Waals surface area contributed by atoms with Crippen LogP contribution in [0.4, 0.5) is 4.39 Å². The highest BCUT2D eigenvalue weighted by Crippen LogP contribution is 2.39. The third-order valence-electron chi connectivity index (χ3n) is 6.84. The second-order valence-corrected chi connectivity index (χ2v) is 14.9. The summed E-state index contributed by atoms with van der Waals surface area (Å²) in [5.41, 5.74) is 0.418. The van der Waals surface area contributed by atoms with Crippen LogP contribution in [-0.4, -0.2) is 31.5 Å². The van der Waals surface area contributed by atoms with Crippen molar-refractivity contribution >= 4 is 14.3 Å². The summed E-state index contributed by atoms with van der Waals surface area (Å²) in [5, 5.41) is 13.3. The summed E-state index contributed by atoms with van der Waals surface area (Å²) in [4.78, 5) is 12.2. The second-order valence-electron chi connectivity index (χ2n) is 10.1. The van der Waals surface area contributed by atoms with Crippen LogP contribution in [0.15, 0.2) is 48.5 Å². The van der Waals surface area contributed by atoms with Crippen molar-refractivity contribution in [2.75, 3.05) is 6.61 Å². The summed E-state index contributed by atoms with van der Waals surface area (Å²) in [7, 11) is -2.06. The molecule has 0 saturated carbocycles. The average Bonchev–Trinajstić information content (AvgIpc) is 3.17. The minimum atomic E-state index is -2.06. The maximum atomic E-state index is 13.8. The summed E-state index contributed by atoms with van der Waals surface area (Å²) in [6.45, 7) is 11.0. The van der Waals surface area contributed by atoms with E-state index in [9.17, 15) is 14.3 Å². The quantitative estimate of drug-likeness (QED) is 0.498. The maximum Gasteiger partial charge on any atom is 0.326 e. The monoisotopic (exact) mass is 459 g/mol. The minimum Gasteiger partial charge on any atom is -0.489 e. The molecule has 0 amide bonds. The minimum absolute atomic E-state index is 0.0171. The highest BCUT2D eigenvalue weighted by molar-refractivity contribution is 6.74. The number of ether oxygens (including phenoxy) is 1. The summed E-state index contributed by atoms with van der Waals surface area (Å²) in [5.74, 6) is -0.520. The van der Waals surface area contributed by atoms with Crippen molar-refractivity contribution in [1.29, 1.82) is 0 Å². The lowest BCUT2D eigenvalue weighted by molar-refractivity contribution is -0.145. The first-order valence-corrected chi connectivity index (χ1v) is 14.0. The van der Waals surface area contributed by atoms with Gasteiger partial charge in [-0.3, -0.25) is 10.1 Å². The van der Waals surface area contributed by atoms with Crippen LogP contribution in [0.25, 0.3) is 0 Å². The molecule has 1 aliphatic heterocycles. The van der Waals surface area contributed by atoms with Gasteiger partial charge in [-0.2, -0.15) is 0 Å². The van der Waals surface area contributed by atoms with Gasteiger partial charge in [-0.25, -0.2) is 4.39 Å². The van der Waals surface area contributed by atoms with Crippen LogP contribution in [0.1, 0.15) is 50.8 Å². The van der Waals surface area contributed by atoms with E-state index in [1.807, 2.05) is 24.3 Å². The van der Waals surface area contributed by atoms with Crippen LogP contribution >= 0.6 is 0 Å². The molecule has 0 aliphatic carbocycles. The smallest absolute Gasteiger partial charge is 0.326 e. The fourth-order valence-corrected chi connectivity index (χ4v) is 4.60. The van der Waals surface area contributed by atoms with Crippen molar-refractivity contribution in [3.05, 3.63) is 65.5 Å². The van der Waals surface area contributed by atoms with Crippen LogP contribution < -0.4 is 10.1 Å². The van der Waals surface area contributed by atoms with Gasteiger partial charge < -0.3 is 14.3 Å². The number of carboxylic acid groups (broad SMARTS) is 1. The van der Waals surface area contributed by atoms with Crippen molar-refractivity contribution < 1.29 is 23.5 Å². The van der Waals surface area contributed by atoms with Gasteiger partial charge in [0.1, 0.15) is 23.7 Å². The zero-order valence-corrected chi connectivity index (χ0v) is 20.6. The summed E-state index contributed by atoms with van der Waals surface area (Å²) in [6, 6.07) is 14.0. The van der Waals surface area contributed by atoms with E-state index in [0.717, 1.165) is 5.56 Å². The molecule has 1 aliphatic rings. The van der Waals surface area contributed by atoms with E-state index in [1.54, 1.807) is 18.2 Å². The topological polar surface area (TPSA) is 67.8 Å². The van der Waals surface area contributed by atoms with Crippen molar-refractivity contribution in [1.82, 2.24) is 5.32 Å². The first-order chi connectivity index (χ1) is 14.9. The largest absolute Gasteiger partial charge is 0.489 e. The Morgan fingerprint density at radius 1 is 1.19 bits per heavy atom. The lowest BCUT2D eigenvalue weighted by Gasteiger charge is -2.39. The van der Waals surface area contributed by atoms with E-state index in [2.05, 4.69) is 39.2 Å². The molecule has 0 aromatic heterocycles. The number of benzene rings is 2. The van der Waals surface area contributed by atoms with Crippen LogP contribution in [0, 0.1) is 5.82 Å². The van der Waals surface area contributed by atoms with Crippen molar-refractivity contribution in [2.45, 2.75) is 69.9 Å². The molecule has 2 atom stereocenters. The summed E-state index contributed by atoms with van der Waals surface area (Å²) < 4.78 is 25.7. The SMILES string of the molecule is CC(C)(C)[Si](C)(C)OC[C@@]1(C(=O)O)CC[C@H](c2ccc(OCc3ccccc3F)cc2)N1. The number of carboxylic acids is 1. The Morgan fingerprint density at radius 3 is 2.44 bits per heavy atom. The number of hydrogen-bond acceptors (Lipinski definition) is 4. The zero-order valence-electron chi connectivity index (χ0n) is 19.6. The molecule has 2 aromatic carbocycles. The Hall–Kier alpha value is -2.22. The first-order valence-electron chi connectivity index (χ1n) is 11.0. The Morgan fingerprint density at radius 2 is 1.84 bits per heavy atom. The van der Waals surface area contributed by atoms with Gasteiger partial charge in [0, 0.05) is 11.6 Å². The van der Waals surface area contributed by atoms with Crippen LogP contribution in [0.2, 0.25) is 18.1 Å². The fraction of sp³-hybridized carbons (Fsp3) is 0.480. The van der Waals surface area contributed by atoms with Crippen molar-refractivity contribution in [3.8, 4) is 5.75 Å². The number of nitrogens with one attached hydrogen (secondary N) is 1. The first kappa shape index (κ1) is 24.4. The number of halogens is 1. The molecule has 0 spiro atoms. The number of hydrogen-bond donors (Lipinski definition) is 2. The molecule has 5 nitrogen and oxygen atoms in total. The Labute approximate surface area is 191 Å². The van der Waals surface area contributed by atoms with Crippen molar-refractivity contribution in [2.24, 2.45) is 0 Å². The van der Waals surface area contributed by atoms with Crippen molar-refractivity contribution in [3.63, 3.8) is 0 Å². The normalized spacial score (nSPS) is 21.5. The molecule has 1 fully saturated rings. The Bertz CT molecular complexity index is 942. The molecule has 2 N–H and O–H groups in total. The Kier molecular flexibility index (Phi) is 7.12. The van der Waals surface area contributed by atoms with E-state index in [-0.39, 0.29) is 30.1 Å². The van der Waals surface area contributed by atoms with Gasteiger partial charge in [0.25, 0.3) is 0 Å². The number of aliphatic carboxylic acids is 1. The highest BCUT2D eigenvalue weighted by atomic mass is 28.4. The van der Waals surface area contributed by atoms with E-state index in [4.69, 9.17) is 9.16 Å². The molecule has 7 heteroatoms. The van der Waals surface area contributed by atoms with E-state index < -0.39 is 19.8 Å². The lowest BCUT2D eigenvalue weighted by Crippen LogP contribution is -2.55.